The zero-order valence-corrected chi connectivity index (χ0v) is 19.7. The quantitative estimate of drug-likeness (QED) is 0.331. The molecule has 4 aromatic rings. The van der Waals surface area contributed by atoms with Crippen LogP contribution >= 0.6 is 23.1 Å². The van der Waals surface area contributed by atoms with Crippen molar-refractivity contribution in [1.29, 1.82) is 0 Å². The van der Waals surface area contributed by atoms with Crippen LogP contribution in [-0.2, 0) is 6.54 Å². The van der Waals surface area contributed by atoms with Crippen molar-refractivity contribution in [3.63, 3.8) is 0 Å². The first kappa shape index (κ1) is 21.4. The molecule has 0 saturated carbocycles. The fraction of sp³-hybridized carbons (Fsp3) is 0.115. The highest BCUT2D eigenvalue weighted by molar-refractivity contribution is 8.14. The topological polar surface area (TPSA) is 50.0 Å². The summed E-state index contributed by atoms with van der Waals surface area (Å²) in [7, 11) is 0. The molecule has 0 spiro atoms. The maximum atomic E-state index is 12.5. The lowest BCUT2D eigenvalue weighted by Gasteiger charge is -2.15. The van der Waals surface area contributed by atoms with E-state index in [-0.39, 0.29) is 5.24 Å². The summed E-state index contributed by atoms with van der Waals surface area (Å²) >= 11 is 2.81. The van der Waals surface area contributed by atoms with Crippen molar-refractivity contribution < 1.29 is 4.79 Å². The Hall–Kier alpha value is -3.42. The van der Waals surface area contributed by atoms with Gasteiger partial charge in [-0.25, -0.2) is 0 Å². The second kappa shape index (κ2) is 9.60. The minimum atomic E-state index is 0.00994. The van der Waals surface area contributed by atoms with E-state index < -0.39 is 0 Å². The Bertz CT molecular complexity index is 1370. The Balaban J connectivity index is 1.58. The molecule has 1 aliphatic rings. The Labute approximate surface area is 200 Å². The van der Waals surface area contributed by atoms with Crippen molar-refractivity contribution in [1.82, 2.24) is 9.47 Å². The molecule has 1 aromatic heterocycles. The van der Waals surface area contributed by atoms with Gasteiger partial charge in [0.25, 0.3) is 5.24 Å². The molecule has 7 heteroatoms. The van der Waals surface area contributed by atoms with E-state index >= 15 is 0 Å². The number of para-hydroxylation sites is 1. The molecular weight excluding hydrogens is 448 g/mol. The van der Waals surface area contributed by atoms with Gasteiger partial charge in [-0.2, -0.15) is 0 Å². The van der Waals surface area contributed by atoms with E-state index in [2.05, 4.69) is 51.3 Å². The summed E-state index contributed by atoms with van der Waals surface area (Å²) < 4.78 is 2.14. The van der Waals surface area contributed by atoms with Gasteiger partial charge in [-0.05, 0) is 29.7 Å². The minimum Gasteiger partial charge on any atom is -0.284 e. The molecule has 1 amide bonds. The highest BCUT2D eigenvalue weighted by atomic mass is 32.2. The van der Waals surface area contributed by atoms with Crippen LogP contribution in [-0.4, -0.2) is 26.3 Å². The molecule has 2 heterocycles. The number of amides is 1. The largest absolute Gasteiger partial charge is 0.287 e. The number of hydrogen-bond acceptors (Lipinski definition) is 5. The molecule has 33 heavy (non-hydrogen) atoms. The molecule has 5 nitrogen and oxygen atoms in total. The third kappa shape index (κ3) is 4.55. The molecule has 0 atom stereocenters. The number of hydrogen-bond donors (Lipinski definition) is 0. The first-order valence-electron chi connectivity index (χ1n) is 10.6. The lowest BCUT2D eigenvalue weighted by atomic mass is 10.1. The maximum absolute atomic E-state index is 12.5. The van der Waals surface area contributed by atoms with Gasteiger partial charge in [-0.1, -0.05) is 90.6 Å². The first-order valence-corrected chi connectivity index (χ1v) is 12.5. The molecular formula is C26H22N4OS2. The van der Waals surface area contributed by atoms with Gasteiger partial charge in [0, 0.05) is 5.38 Å². The molecule has 1 fully saturated rings. The van der Waals surface area contributed by atoms with Gasteiger partial charge in [0.15, 0.2) is 0 Å². The van der Waals surface area contributed by atoms with Gasteiger partial charge >= 0.3 is 0 Å². The van der Waals surface area contributed by atoms with Crippen LogP contribution < -0.4 is 4.80 Å². The SMILES string of the molecule is Cc1ccccc1-n1c(-c2ccccc2)cs/c1=N/N=C1/CSC(=O)N1Cc1ccccc1. The summed E-state index contributed by atoms with van der Waals surface area (Å²) in [5.74, 6) is 1.20. The van der Waals surface area contributed by atoms with Crippen LogP contribution in [0.4, 0.5) is 4.79 Å². The normalized spacial score (nSPS) is 15.5. The molecule has 164 valence electrons. The lowest BCUT2D eigenvalue weighted by molar-refractivity contribution is 0.244. The molecule has 0 bridgehead atoms. The van der Waals surface area contributed by atoms with Crippen LogP contribution in [0.15, 0.2) is 101 Å². The fourth-order valence-electron chi connectivity index (χ4n) is 3.73. The van der Waals surface area contributed by atoms with Crippen molar-refractivity contribution in [2.24, 2.45) is 10.2 Å². The summed E-state index contributed by atoms with van der Waals surface area (Å²) in [6, 6.07) is 28.5. The van der Waals surface area contributed by atoms with Gasteiger partial charge < -0.3 is 0 Å². The third-order valence-electron chi connectivity index (χ3n) is 5.43. The number of thioether (sulfide) groups is 1. The monoisotopic (exact) mass is 470 g/mol. The van der Waals surface area contributed by atoms with Crippen molar-refractivity contribution in [2.45, 2.75) is 13.5 Å². The number of aromatic nitrogens is 1. The van der Waals surface area contributed by atoms with Crippen LogP contribution in [0.1, 0.15) is 11.1 Å². The molecule has 1 aliphatic heterocycles. The second-order valence-electron chi connectivity index (χ2n) is 7.63. The van der Waals surface area contributed by atoms with Crippen LogP contribution in [0.25, 0.3) is 16.9 Å². The van der Waals surface area contributed by atoms with Crippen molar-refractivity contribution in [3.8, 4) is 16.9 Å². The maximum Gasteiger partial charge on any atom is 0.287 e. The highest BCUT2D eigenvalue weighted by Gasteiger charge is 2.28. The second-order valence-corrected chi connectivity index (χ2v) is 9.40. The minimum absolute atomic E-state index is 0.00994. The van der Waals surface area contributed by atoms with Crippen molar-refractivity contribution in [3.05, 3.63) is 106 Å². The zero-order chi connectivity index (χ0) is 22.6. The lowest BCUT2D eigenvalue weighted by Crippen LogP contribution is -2.28. The Morgan fingerprint density at radius 3 is 2.33 bits per heavy atom. The van der Waals surface area contributed by atoms with Crippen LogP contribution in [0.5, 0.6) is 0 Å². The van der Waals surface area contributed by atoms with E-state index in [0.717, 1.165) is 32.9 Å². The van der Waals surface area contributed by atoms with Gasteiger partial charge in [0.05, 0.1) is 23.7 Å². The molecule has 1 saturated heterocycles. The number of carbonyl (C=O) groups is 1. The number of rotatable bonds is 5. The van der Waals surface area contributed by atoms with Crippen LogP contribution in [0, 0.1) is 6.92 Å². The number of benzene rings is 3. The van der Waals surface area contributed by atoms with Gasteiger partial charge in [0.2, 0.25) is 4.80 Å². The molecule has 5 rings (SSSR count). The molecule has 3 aromatic carbocycles. The number of nitrogens with zero attached hydrogens (tertiary/aromatic N) is 4. The zero-order valence-electron chi connectivity index (χ0n) is 18.1. The van der Waals surface area contributed by atoms with Crippen LogP contribution in [0.3, 0.4) is 0 Å². The number of aryl methyl sites for hydroxylation is 1. The average molecular weight is 471 g/mol. The third-order valence-corrected chi connectivity index (χ3v) is 7.11. The standard InChI is InChI=1S/C26H22N4OS2/c1-19-10-8-9-15-22(19)30-23(21-13-6-3-7-14-21)17-32-25(30)28-27-24-18-33-26(31)29(24)16-20-11-4-2-5-12-20/h2-15,17H,16,18H2,1H3/b27-24-,28-25+. The summed E-state index contributed by atoms with van der Waals surface area (Å²) in [5, 5.41) is 11.3. The van der Waals surface area contributed by atoms with Gasteiger partial charge in [-0.15, -0.1) is 21.5 Å². The summed E-state index contributed by atoms with van der Waals surface area (Å²) in [6.45, 7) is 2.59. The van der Waals surface area contributed by atoms with E-state index in [1.165, 1.54) is 11.8 Å². The first-order chi connectivity index (χ1) is 16.2. The summed E-state index contributed by atoms with van der Waals surface area (Å²) in [4.78, 5) is 15.0. The molecule has 0 N–H and O–H groups in total. The van der Waals surface area contributed by atoms with E-state index in [1.807, 2.05) is 60.7 Å². The van der Waals surface area contributed by atoms with Gasteiger partial charge in [0.1, 0.15) is 5.84 Å². The summed E-state index contributed by atoms with van der Waals surface area (Å²) in [5.41, 5.74) is 5.46. The number of thiazole rings is 1. The Kier molecular flexibility index (Phi) is 6.24. The smallest absolute Gasteiger partial charge is 0.284 e. The van der Waals surface area contributed by atoms with E-state index in [9.17, 15) is 4.79 Å². The number of carbonyl (C=O) groups excluding carboxylic acids is 1. The van der Waals surface area contributed by atoms with E-state index in [1.54, 1.807) is 16.2 Å². The van der Waals surface area contributed by atoms with E-state index in [0.29, 0.717) is 18.1 Å². The fourth-order valence-corrected chi connectivity index (χ4v) is 5.37. The van der Waals surface area contributed by atoms with Gasteiger partial charge in [-0.3, -0.25) is 14.3 Å². The molecule has 0 unspecified atom stereocenters. The summed E-state index contributed by atoms with van der Waals surface area (Å²) in [6.07, 6.45) is 0. The molecule has 0 aliphatic carbocycles. The predicted octanol–water partition coefficient (Wildman–Crippen LogP) is 6.10. The Morgan fingerprint density at radius 2 is 1.58 bits per heavy atom. The average Bonchev–Trinajstić information content (AvgIpc) is 3.43. The van der Waals surface area contributed by atoms with E-state index in [4.69, 9.17) is 0 Å². The molecule has 0 radical (unpaired) electrons. The Morgan fingerprint density at radius 1 is 0.879 bits per heavy atom. The van der Waals surface area contributed by atoms with Crippen molar-refractivity contribution in [2.75, 3.05) is 5.75 Å². The van der Waals surface area contributed by atoms with Crippen molar-refractivity contribution >= 4 is 34.2 Å². The number of amidine groups is 1. The highest BCUT2D eigenvalue weighted by Crippen LogP contribution is 2.25. The van der Waals surface area contributed by atoms with Crippen LogP contribution in [0.2, 0.25) is 0 Å². The predicted molar refractivity (Wildman–Crippen MR) is 137 cm³/mol.